The molecule has 1 saturated heterocycles. The first kappa shape index (κ1) is 13.3. The number of rotatable bonds is 2. The zero-order valence-corrected chi connectivity index (χ0v) is 11.4. The van der Waals surface area contributed by atoms with Crippen molar-refractivity contribution in [3.63, 3.8) is 0 Å². The third-order valence-corrected chi connectivity index (χ3v) is 5.40. The zero-order chi connectivity index (χ0) is 14.3. The average molecular weight is 296 g/mol. The molecule has 2 aromatic rings. The molecule has 0 saturated carbocycles. The van der Waals surface area contributed by atoms with E-state index in [9.17, 15) is 17.9 Å². The number of aromatic nitrogens is 1. The van der Waals surface area contributed by atoms with Gasteiger partial charge in [0.15, 0.2) is 11.6 Å². The van der Waals surface area contributed by atoms with E-state index >= 15 is 0 Å². The molecule has 0 spiro atoms. The molecule has 1 aromatic heterocycles. The summed E-state index contributed by atoms with van der Waals surface area (Å²) in [7, 11) is -3.76. The first-order valence-corrected chi connectivity index (χ1v) is 7.72. The number of sulfonamides is 1. The second-order valence-electron chi connectivity index (χ2n) is 4.72. The quantitative estimate of drug-likeness (QED) is 0.918. The van der Waals surface area contributed by atoms with E-state index in [0.29, 0.717) is 13.1 Å². The van der Waals surface area contributed by atoms with E-state index in [0.717, 1.165) is 18.9 Å². The summed E-state index contributed by atoms with van der Waals surface area (Å²) in [5.74, 6) is -1.60. The number of phenolic OH excluding ortho intramolecular Hbond substituents is 1. The molecule has 3 rings (SSSR count). The number of nitrogens with zero attached hydrogens (tertiary/aromatic N) is 2. The van der Waals surface area contributed by atoms with Crippen LogP contribution in [-0.4, -0.2) is 35.9 Å². The topological polar surface area (TPSA) is 70.5 Å². The molecule has 106 valence electrons. The maximum absolute atomic E-state index is 13.8. The highest BCUT2D eigenvalue weighted by Crippen LogP contribution is 2.33. The number of pyridine rings is 1. The highest BCUT2D eigenvalue weighted by Gasteiger charge is 2.30. The Balaban J connectivity index is 2.29. The van der Waals surface area contributed by atoms with Crippen LogP contribution in [0.15, 0.2) is 29.3 Å². The molecule has 20 heavy (non-hydrogen) atoms. The summed E-state index contributed by atoms with van der Waals surface area (Å²) < 4.78 is 40.2. The van der Waals surface area contributed by atoms with Gasteiger partial charge in [-0.2, -0.15) is 4.31 Å². The molecule has 0 amide bonds. The Hall–Kier alpha value is -1.73. The largest absolute Gasteiger partial charge is 0.503 e. The van der Waals surface area contributed by atoms with Crippen LogP contribution in [0.5, 0.6) is 5.75 Å². The number of hydrogen-bond acceptors (Lipinski definition) is 4. The Morgan fingerprint density at radius 3 is 2.70 bits per heavy atom. The van der Waals surface area contributed by atoms with Crippen LogP contribution in [0.1, 0.15) is 12.8 Å². The Bertz CT molecular complexity index is 771. The van der Waals surface area contributed by atoms with Crippen molar-refractivity contribution in [2.75, 3.05) is 13.1 Å². The van der Waals surface area contributed by atoms with Crippen molar-refractivity contribution in [1.29, 1.82) is 0 Å². The molecule has 2 heterocycles. The molecule has 0 aliphatic carbocycles. The second kappa shape index (κ2) is 4.68. The number of fused-ring (bicyclic) bond motifs is 1. The average Bonchev–Trinajstić information content (AvgIpc) is 2.97. The highest BCUT2D eigenvalue weighted by atomic mass is 32.2. The van der Waals surface area contributed by atoms with Crippen LogP contribution in [0.25, 0.3) is 10.9 Å². The summed E-state index contributed by atoms with van der Waals surface area (Å²) >= 11 is 0. The van der Waals surface area contributed by atoms with Gasteiger partial charge in [-0.05, 0) is 31.0 Å². The minimum Gasteiger partial charge on any atom is -0.503 e. The van der Waals surface area contributed by atoms with Crippen molar-refractivity contribution >= 4 is 20.9 Å². The van der Waals surface area contributed by atoms with E-state index in [1.807, 2.05) is 0 Å². The lowest BCUT2D eigenvalue weighted by Gasteiger charge is -2.17. The Morgan fingerprint density at radius 1 is 1.30 bits per heavy atom. The fourth-order valence-corrected chi connectivity index (χ4v) is 4.16. The van der Waals surface area contributed by atoms with Crippen LogP contribution in [0.3, 0.4) is 0 Å². The van der Waals surface area contributed by atoms with Crippen molar-refractivity contribution in [3.05, 3.63) is 30.2 Å². The van der Waals surface area contributed by atoms with E-state index in [1.165, 1.54) is 16.6 Å². The lowest BCUT2D eigenvalue weighted by molar-refractivity contribution is 0.435. The van der Waals surface area contributed by atoms with Crippen LogP contribution in [-0.2, 0) is 10.0 Å². The van der Waals surface area contributed by atoms with Gasteiger partial charge in [0.05, 0.1) is 4.90 Å². The fraction of sp³-hybridized carbons (Fsp3) is 0.308. The summed E-state index contributed by atoms with van der Waals surface area (Å²) in [4.78, 5) is 3.73. The first-order chi connectivity index (χ1) is 9.51. The molecule has 0 bridgehead atoms. The van der Waals surface area contributed by atoms with Crippen molar-refractivity contribution in [1.82, 2.24) is 9.29 Å². The number of benzene rings is 1. The molecule has 7 heteroatoms. The van der Waals surface area contributed by atoms with E-state index in [2.05, 4.69) is 4.98 Å². The molecular formula is C13H13FN2O3S. The molecule has 1 aliphatic rings. The Kier molecular flexibility index (Phi) is 3.10. The maximum Gasteiger partial charge on any atom is 0.243 e. The zero-order valence-electron chi connectivity index (χ0n) is 10.6. The minimum atomic E-state index is -3.76. The van der Waals surface area contributed by atoms with Crippen LogP contribution in [0, 0.1) is 5.82 Å². The van der Waals surface area contributed by atoms with E-state index in [-0.39, 0.29) is 15.8 Å². The summed E-state index contributed by atoms with van der Waals surface area (Å²) in [5, 5.41) is 9.90. The predicted octanol–water partition coefficient (Wildman–Crippen LogP) is 1.86. The molecular weight excluding hydrogens is 283 g/mol. The van der Waals surface area contributed by atoms with Gasteiger partial charge in [0.2, 0.25) is 10.0 Å². The highest BCUT2D eigenvalue weighted by molar-refractivity contribution is 7.89. The van der Waals surface area contributed by atoms with Gasteiger partial charge in [-0.25, -0.2) is 12.8 Å². The van der Waals surface area contributed by atoms with Gasteiger partial charge < -0.3 is 5.11 Å². The van der Waals surface area contributed by atoms with Crippen molar-refractivity contribution < 1.29 is 17.9 Å². The smallest absolute Gasteiger partial charge is 0.243 e. The maximum atomic E-state index is 13.8. The lowest BCUT2D eigenvalue weighted by Crippen LogP contribution is -2.28. The summed E-state index contributed by atoms with van der Waals surface area (Å²) in [6.45, 7) is 0.874. The van der Waals surface area contributed by atoms with Crippen LogP contribution >= 0.6 is 0 Å². The third-order valence-electron chi connectivity index (χ3n) is 3.46. The number of aromatic hydroxyl groups is 1. The van der Waals surface area contributed by atoms with Crippen molar-refractivity contribution in [2.45, 2.75) is 17.7 Å². The predicted molar refractivity (Wildman–Crippen MR) is 71.4 cm³/mol. The standard InChI is InChI=1S/C13H13FN2O3S/c14-10-8-11(20(18,19)16-6-1-2-7-16)9-4-3-5-15-12(9)13(10)17/h3-5,8,17H,1-2,6-7H2. The van der Waals surface area contributed by atoms with Crippen LogP contribution in [0.2, 0.25) is 0 Å². The number of hydrogen-bond donors (Lipinski definition) is 1. The van der Waals surface area contributed by atoms with Crippen LogP contribution < -0.4 is 0 Å². The third kappa shape index (κ3) is 1.94. The molecule has 1 aliphatic heterocycles. The summed E-state index contributed by atoms with van der Waals surface area (Å²) in [6.07, 6.45) is 2.99. The SMILES string of the molecule is O=S(=O)(c1cc(F)c(O)c2ncccc12)N1CCCC1. The van der Waals surface area contributed by atoms with E-state index in [1.54, 1.807) is 6.07 Å². The van der Waals surface area contributed by atoms with Gasteiger partial charge in [0.25, 0.3) is 0 Å². The van der Waals surface area contributed by atoms with Gasteiger partial charge in [-0.1, -0.05) is 0 Å². The van der Waals surface area contributed by atoms with Gasteiger partial charge in [-0.3, -0.25) is 4.98 Å². The molecule has 1 aromatic carbocycles. The van der Waals surface area contributed by atoms with Gasteiger partial charge in [0, 0.05) is 24.7 Å². The monoisotopic (exact) mass is 296 g/mol. The van der Waals surface area contributed by atoms with Gasteiger partial charge in [-0.15, -0.1) is 0 Å². The fourth-order valence-electron chi connectivity index (χ4n) is 2.45. The van der Waals surface area contributed by atoms with Gasteiger partial charge >= 0.3 is 0 Å². The molecule has 0 radical (unpaired) electrons. The Morgan fingerprint density at radius 2 is 2.00 bits per heavy atom. The molecule has 5 nitrogen and oxygen atoms in total. The summed E-state index contributed by atoms with van der Waals surface area (Å²) in [6, 6.07) is 3.94. The first-order valence-electron chi connectivity index (χ1n) is 6.28. The summed E-state index contributed by atoms with van der Waals surface area (Å²) in [5.41, 5.74) is -0.0368. The number of halogens is 1. The minimum absolute atomic E-state index is 0.0368. The lowest BCUT2D eigenvalue weighted by atomic mass is 10.2. The second-order valence-corrected chi connectivity index (χ2v) is 6.62. The van der Waals surface area contributed by atoms with E-state index < -0.39 is 21.6 Å². The Labute approximate surface area is 115 Å². The number of phenols is 1. The van der Waals surface area contributed by atoms with Crippen molar-refractivity contribution in [2.24, 2.45) is 0 Å². The normalized spacial score (nSPS) is 16.9. The molecule has 0 atom stereocenters. The van der Waals surface area contributed by atoms with Gasteiger partial charge in [0.1, 0.15) is 5.52 Å². The molecule has 1 fully saturated rings. The van der Waals surface area contributed by atoms with E-state index in [4.69, 9.17) is 0 Å². The molecule has 1 N–H and O–H groups in total. The molecule has 0 unspecified atom stereocenters. The van der Waals surface area contributed by atoms with Crippen molar-refractivity contribution in [3.8, 4) is 5.75 Å². The van der Waals surface area contributed by atoms with Crippen LogP contribution in [0.4, 0.5) is 4.39 Å².